The van der Waals surface area contributed by atoms with Gasteiger partial charge in [-0.2, -0.15) is 0 Å². The number of amides is 1. The molecule has 1 heterocycles. The Kier molecular flexibility index (Phi) is 5.90. The molecular weight excluding hydrogens is 282 g/mol. The van der Waals surface area contributed by atoms with E-state index < -0.39 is 0 Å². The van der Waals surface area contributed by atoms with Crippen molar-refractivity contribution in [1.82, 2.24) is 10.3 Å². The first-order chi connectivity index (χ1) is 10.2. The molecule has 5 heteroatoms. The van der Waals surface area contributed by atoms with Gasteiger partial charge >= 0.3 is 0 Å². The molecule has 2 unspecified atom stereocenters. The highest BCUT2D eigenvalue weighted by Crippen LogP contribution is 2.20. The van der Waals surface area contributed by atoms with Crippen LogP contribution in [0.2, 0.25) is 0 Å². The summed E-state index contributed by atoms with van der Waals surface area (Å²) in [5.74, 6) is 0.0310. The molecule has 4 nitrogen and oxygen atoms in total. The van der Waals surface area contributed by atoms with Crippen molar-refractivity contribution >= 4 is 17.2 Å². The van der Waals surface area contributed by atoms with Crippen LogP contribution in [0.25, 0.3) is 0 Å². The van der Waals surface area contributed by atoms with E-state index in [4.69, 9.17) is 5.73 Å². The molecule has 0 fully saturated rings. The molecule has 0 spiro atoms. The Morgan fingerprint density at radius 1 is 1.38 bits per heavy atom. The Hall–Kier alpha value is -1.72. The van der Waals surface area contributed by atoms with Gasteiger partial charge in [0.25, 0.3) is 0 Å². The summed E-state index contributed by atoms with van der Waals surface area (Å²) in [6.45, 7) is 2.04. The van der Waals surface area contributed by atoms with Gasteiger partial charge < -0.3 is 11.1 Å². The van der Waals surface area contributed by atoms with Crippen LogP contribution >= 0.6 is 11.3 Å². The van der Waals surface area contributed by atoms with Crippen molar-refractivity contribution in [3.63, 3.8) is 0 Å². The zero-order valence-corrected chi connectivity index (χ0v) is 13.0. The van der Waals surface area contributed by atoms with Crippen molar-refractivity contribution in [2.24, 2.45) is 5.73 Å². The lowest BCUT2D eigenvalue weighted by Crippen LogP contribution is -2.28. The summed E-state index contributed by atoms with van der Waals surface area (Å²) in [7, 11) is 0. The van der Waals surface area contributed by atoms with Crippen LogP contribution in [0.1, 0.15) is 48.8 Å². The van der Waals surface area contributed by atoms with Crippen molar-refractivity contribution in [2.75, 3.05) is 0 Å². The molecule has 0 aliphatic carbocycles. The van der Waals surface area contributed by atoms with Gasteiger partial charge in [-0.05, 0) is 18.4 Å². The Morgan fingerprint density at radius 2 is 2.14 bits per heavy atom. The molecule has 21 heavy (non-hydrogen) atoms. The molecule has 0 aliphatic heterocycles. The van der Waals surface area contributed by atoms with E-state index in [-0.39, 0.29) is 18.0 Å². The quantitative estimate of drug-likeness (QED) is 0.825. The van der Waals surface area contributed by atoms with Gasteiger partial charge in [0.2, 0.25) is 5.91 Å². The van der Waals surface area contributed by atoms with Crippen molar-refractivity contribution in [3.8, 4) is 0 Å². The van der Waals surface area contributed by atoms with E-state index in [1.807, 2.05) is 42.6 Å². The highest BCUT2D eigenvalue weighted by molar-refractivity contribution is 7.09. The van der Waals surface area contributed by atoms with Crippen LogP contribution in [-0.4, -0.2) is 10.9 Å². The van der Waals surface area contributed by atoms with Crippen molar-refractivity contribution < 1.29 is 4.79 Å². The minimum Gasteiger partial charge on any atom is -0.347 e. The average molecular weight is 303 g/mol. The molecule has 3 N–H and O–H groups in total. The topological polar surface area (TPSA) is 68.0 Å². The third-order valence-corrected chi connectivity index (χ3v) is 4.29. The third-order valence-electron chi connectivity index (χ3n) is 3.40. The highest BCUT2D eigenvalue weighted by Gasteiger charge is 2.16. The predicted molar refractivity (Wildman–Crippen MR) is 85.9 cm³/mol. The molecule has 112 valence electrons. The largest absolute Gasteiger partial charge is 0.347 e. The molecule has 0 radical (unpaired) electrons. The lowest BCUT2D eigenvalue weighted by atomic mass is 10.0. The fourth-order valence-corrected chi connectivity index (χ4v) is 2.94. The average Bonchev–Trinajstić information content (AvgIpc) is 3.05. The molecule has 1 amide bonds. The van der Waals surface area contributed by atoms with Gasteiger partial charge in [-0.3, -0.25) is 4.79 Å². The fourth-order valence-electron chi connectivity index (χ4n) is 2.16. The number of nitrogens with one attached hydrogen (secondary N) is 1. The minimum absolute atomic E-state index is 0.00505. The minimum atomic E-state index is -0.100. The second kappa shape index (κ2) is 7.90. The smallest absolute Gasteiger partial charge is 0.220 e. The van der Waals surface area contributed by atoms with Crippen molar-refractivity contribution in [3.05, 3.63) is 52.5 Å². The van der Waals surface area contributed by atoms with E-state index in [0.29, 0.717) is 12.8 Å². The van der Waals surface area contributed by atoms with Gasteiger partial charge in [0, 0.05) is 24.0 Å². The van der Waals surface area contributed by atoms with E-state index >= 15 is 0 Å². The van der Waals surface area contributed by atoms with Gasteiger partial charge in [0.1, 0.15) is 5.01 Å². The molecule has 2 aromatic rings. The van der Waals surface area contributed by atoms with Crippen LogP contribution < -0.4 is 11.1 Å². The number of aromatic nitrogens is 1. The lowest BCUT2D eigenvalue weighted by molar-refractivity contribution is -0.122. The molecule has 0 aliphatic rings. The number of nitrogens with two attached hydrogens (primary N) is 1. The van der Waals surface area contributed by atoms with Crippen molar-refractivity contribution in [1.29, 1.82) is 0 Å². The van der Waals surface area contributed by atoms with Crippen LogP contribution in [0.4, 0.5) is 0 Å². The summed E-state index contributed by atoms with van der Waals surface area (Å²) in [6.07, 6.45) is 3.67. The lowest BCUT2D eigenvalue weighted by Gasteiger charge is -2.16. The Labute approximate surface area is 129 Å². The maximum absolute atomic E-state index is 12.1. The summed E-state index contributed by atoms with van der Waals surface area (Å²) >= 11 is 1.57. The summed E-state index contributed by atoms with van der Waals surface area (Å²) in [5.41, 5.74) is 7.18. The monoisotopic (exact) mass is 303 g/mol. The normalized spacial score (nSPS) is 13.6. The van der Waals surface area contributed by atoms with E-state index in [2.05, 4.69) is 10.3 Å². The summed E-state index contributed by atoms with van der Waals surface area (Å²) < 4.78 is 0. The zero-order chi connectivity index (χ0) is 15.1. The molecule has 0 saturated heterocycles. The molecule has 0 saturated carbocycles. The third kappa shape index (κ3) is 4.65. The number of thiazole rings is 1. The van der Waals surface area contributed by atoms with Crippen LogP contribution in [0.5, 0.6) is 0 Å². The van der Waals surface area contributed by atoms with E-state index in [1.165, 1.54) is 0 Å². The number of carbonyl (C=O) groups is 1. The van der Waals surface area contributed by atoms with Crippen LogP contribution in [-0.2, 0) is 4.79 Å². The second-order valence-electron chi connectivity index (χ2n) is 4.95. The summed E-state index contributed by atoms with van der Waals surface area (Å²) in [6, 6.07) is 9.78. The summed E-state index contributed by atoms with van der Waals surface area (Å²) in [4.78, 5) is 16.3. The molecule has 1 aromatic carbocycles. The van der Waals surface area contributed by atoms with Crippen LogP contribution in [0.3, 0.4) is 0 Å². The van der Waals surface area contributed by atoms with Crippen molar-refractivity contribution in [2.45, 2.75) is 38.3 Å². The van der Waals surface area contributed by atoms with E-state index in [0.717, 1.165) is 17.0 Å². The number of nitrogens with zero attached hydrogens (tertiary/aromatic N) is 1. The highest BCUT2D eigenvalue weighted by atomic mass is 32.1. The molecule has 1 aromatic heterocycles. The van der Waals surface area contributed by atoms with Gasteiger partial charge in [-0.25, -0.2) is 4.98 Å². The van der Waals surface area contributed by atoms with E-state index in [1.54, 1.807) is 17.5 Å². The van der Waals surface area contributed by atoms with Crippen LogP contribution in [0.15, 0.2) is 41.9 Å². The Balaban J connectivity index is 1.82. The Morgan fingerprint density at radius 3 is 2.76 bits per heavy atom. The molecule has 2 rings (SSSR count). The number of hydrogen-bond donors (Lipinski definition) is 2. The SMILES string of the molecule is CCC(NC(=O)CCC(N)c1ccccc1)c1nccs1. The molecule has 2 atom stereocenters. The standard InChI is InChI=1S/C16H21N3OS/c1-2-14(16-18-10-11-21-16)19-15(20)9-8-13(17)12-6-4-3-5-7-12/h3-7,10-11,13-14H,2,8-9,17H2,1H3,(H,19,20). The second-order valence-corrected chi connectivity index (χ2v) is 5.88. The number of rotatable bonds is 7. The first kappa shape index (κ1) is 15.7. The maximum Gasteiger partial charge on any atom is 0.220 e. The fraction of sp³-hybridized carbons (Fsp3) is 0.375. The van der Waals surface area contributed by atoms with Gasteiger partial charge in [0.05, 0.1) is 6.04 Å². The summed E-state index contributed by atoms with van der Waals surface area (Å²) in [5, 5.41) is 5.91. The number of hydrogen-bond acceptors (Lipinski definition) is 4. The number of carbonyl (C=O) groups excluding carboxylic acids is 1. The molecular formula is C16H21N3OS. The van der Waals surface area contributed by atoms with Gasteiger partial charge in [-0.15, -0.1) is 11.3 Å². The van der Waals surface area contributed by atoms with E-state index in [9.17, 15) is 4.79 Å². The van der Waals surface area contributed by atoms with Gasteiger partial charge in [0.15, 0.2) is 0 Å². The first-order valence-electron chi connectivity index (χ1n) is 7.20. The zero-order valence-electron chi connectivity index (χ0n) is 12.2. The molecule has 0 bridgehead atoms. The number of benzene rings is 1. The Bertz CT molecular complexity index is 542. The van der Waals surface area contributed by atoms with Crippen LogP contribution in [0, 0.1) is 0 Å². The van der Waals surface area contributed by atoms with Gasteiger partial charge in [-0.1, -0.05) is 37.3 Å². The predicted octanol–water partition coefficient (Wildman–Crippen LogP) is 3.19. The maximum atomic E-state index is 12.1. The first-order valence-corrected chi connectivity index (χ1v) is 8.08.